The maximum absolute atomic E-state index is 11.9. The highest BCUT2D eigenvalue weighted by Crippen LogP contribution is 2.43. The van der Waals surface area contributed by atoms with E-state index in [9.17, 15) is 9.90 Å². The monoisotopic (exact) mass is 336 g/mol. The number of methoxy groups -OCH3 is 1. The predicted molar refractivity (Wildman–Crippen MR) is 85.0 cm³/mol. The average Bonchev–Trinajstić information content (AvgIpc) is 2.87. The maximum atomic E-state index is 11.9. The maximum Gasteiger partial charge on any atom is 0.337 e. The molecular formula is C18H24O6. The van der Waals surface area contributed by atoms with Crippen LogP contribution in [0.3, 0.4) is 0 Å². The number of aliphatic hydroxyl groups is 1. The number of rotatable bonds is 4. The topological polar surface area (TPSA) is 74.2 Å². The second-order valence-corrected chi connectivity index (χ2v) is 6.95. The first-order chi connectivity index (χ1) is 11.4. The summed E-state index contributed by atoms with van der Waals surface area (Å²) in [4.78, 5) is 11.9. The summed E-state index contributed by atoms with van der Waals surface area (Å²) in [7, 11) is 1.27. The molecule has 0 saturated carbocycles. The Balaban J connectivity index is 1.78. The fourth-order valence-electron chi connectivity index (χ4n) is 3.46. The number of benzene rings is 1. The molecule has 0 spiro atoms. The van der Waals surface area contributed by atoms with Gasteiger partial charge in [-0.05, 0) is 25.8 Å². The van der Waals surface area contributed by atoms with Crippen molar-refractivity contribution in [1.82, 2.24) is 0 Å². The van der Waals surface area contributed by atoms with Crippen LogP contribution in [0, 0.1) is 5.92 Å². The molecule has 2 saturated heterocycles. The molecule has 2 aliphatic rings. The van der Waals surface area contributed by atoms with Gasteiger partial charge in [0.15, 0.2) is 12.4 Å². The fourth-order valence-corrected chi connectivity index (χ4v) is 3.46. The molecule has 132 valence electrons. The molecule has 1 aromatic carbocycles. The SMILES string of the molecule is COC(=O)C1O[C@@H]2OC(C)(C)C[C@@H]2[C@@H](OCc2ccccc2)C1O. The van der Waals surface area contributed by atoms with E-state index < -0.39 is 36.2 Å². The minimum Gasteiger partial charge on any atom is -0.467 e. The third-order valence-electron chi connectivity index (χ3n) is 4.58. The molecule has 6 heteroatoms. The van der Waals surface area contributed by atoms with Crippen molar-refractivity contribution in [2.45, 2.75) is 57.1 Å². The second kappa shape index (κ2) is 6.80. The molecule has 2 heterocycles. The minimum absolute atomic E-state index is 0.139. The first-order valence-corrected chi connectivity index (χ1v) is 8.16. The summed E-state index contributed by atoms with van der Waals surface area (Å²) in [5.41, 5.74) is 0.606. The first kappa shape index (κ1) is 17.4. The van der Waals surface area contributed by atoms with E-state index >= 15 is 0 Å². The van der Waals surface area contributed by atoms with E-state index in [1.165, 1.54) is 7.11 Å². The van der Waals surface area contributed by atoms with Crippen molar-refractivity contribution in [3.63, 3.8) is 0 Å². The molecule has 2 fully saturated rings. The molecule has 2 unspecified atom stereocenters. The summed E-state index contributed by atoms with van der Waals surface area (Å²) < 4.78 is 22.3. The van der Waals surface area contributed by atoms with Gasteiger partial charge in [0.2, 0.25) is 0 Å². The zero-order chi connectivity index (χ0) is 17.3. The van der Waals surface area contributed by atoms with Crippen molar-refractivity contribution in [1.29, 1.82) is 0 Å². The van der Waals surface area contributed by atoms with E-state index in [0.29, 0.717) is 13.0 Å². The van der Waals surface area contributed by atoms with Crippen molar-refractivity contribution < 1.29 is 28.8 Å². The number of carbonyl (C=O) groups excluding carboxylic acids is 1. The Labute approximate surface area is 141 Å². The Bertz CT molecular complexity index is 572. The van der Waals surface area contributed by atoms with Crippen molar-refractivity contribution in [2.75, 3.05) is 7.11 Å². The third-order valence-corrected chi connectivity index (χ3v) is 4.58. The van der Waals surface area contributed by atoms with Crippen LogP contribution in [-0.2, 0) is 30.3 Å². The van der Waals surface area contributed by atoms with Crippen LogP contribution in [0.25, 0.3) is 0 Å². The summed E-state index contributed by atoms with van der Waals surface area (Å²) in [6, 6.07) is 9.71. The van der Waals surface area contributed by atoms with Crippen LogP contribution in [0.1, 0.15) is 25.8 Å². The molecule has 1 aromatic rings. The second-order valence-electron chi connectivity index (χ2n) is 6.95. The lowest BCUT2D eigenvalue weighted by atomic mass is 9.86. The number of hydrogen-bond donors (Lipinski definition) is 1. The Morgan fingerprint density at radius 3 is 2.71 bits per heavy atom. The van der Waals surface area contributed by atoms with Gasteiger partial charge in [0.1, 0.15) is 6.10 Å². The van der Waals surface area contributed by atoms with E-state index in [0.717, 1.165) is 5.56 Å². The average molecular weight is 336 g/mol. The summed E-state index contributed by atoms with van der Waals surface area (Å²) in [6.45, 7) is 4.27. The number of carbonyl (C=O) groups is 1. The summed E-state index contributed by atoms with van der Waals surface area (Å²) >= 11 is 0. The van der Waals surface area contributed by atoms with Gasteiger partial charge in [-0.25, -0.2) is 4.79 Å². The highest BCUT2D eigenvalue weighted by molar-refractivity contribution is 5.75. The van der Waals surface area contributed by atoms with Gasteiger partial charge in [-0.1, -0.05) is 30.3 Å². The van der Waals surface area contributed by atoms with Gasteiger partial charge in [0, 0.05) is 5.92 Å². The third kappa shape index (κ3) is 3.47. The highest BCUT2D eigenvalue weighted by atomic mass is 16.7. The quantitative estimate of drug-likeness (QED) is 0.843. The first-order valence-electron chi connectivity index (χ1n) is 8.16. The number of hydrogen-bond acceptors (Lipinski definition) is 6. The van der Waals surface area contributed by atoms with Crippen LogP contribution < -0.4 is 0 Å². The molecule has 0 amide bonds. The molecule has 6 nitrogen and oxygen atoms in total. The Morgan fingerprint density at radius 2 is 2.04 bits per heavy atom. The molecule has 0 bridgehead atoms. The molecular weight excluding hydrogens is 312 g/mol. The highest BCUT2D eigenvalue weighted by Gasteiger charge is 2.55. The van der Waals surface area contributed by atoms with E-state index in [4.69, 9.17) is 18.9 Å². The molecule has 0 radical (unpaired) electrons. The lowest BCUT2D eigenvalue weighted by Crippen LogP contribution is -2.56. The van der Waals surface area contributed by atoms with Crippen molar-refractivity contribution in [3.8, 4) is 0 Å². The van der Waals surface area contributed by atoms with Crippen LogP contribution in [0.5, 0.6) is 0 Å². The lowest BCUT2D eigenvalue weighted by molar-refractivity contribution is -0.273. The molecule has 5 atom stereocenters. The summed E-state index contributed by atoms with van der Waals surface area (Å²) in [5.74, 6) is -0.762. The Kier molecular flexibility index (Phi) is 4.92. The van der Waals surface area contributed by atoms with E-state index in [1.54, 1.807) is 0 Å². The van der Waals surface area contributed by atoms with Gasteiger partial charge in [-0.2, -0.15) is 0 Å². The number of aliphatic hydroxyl groups excluding tert-OH is 1. The van der Waals surface area contributed by atoms with Crippen molar-refractivity contribution in [2.24, 2.45) is 5.92 Å². The van der Waals surface area contributed by atoms with Gasteiger partial charge in [-0.15, -0.1) is 0 Å². The lowest BCUT2D eigenvalue weighted by Gasteiger charge is -2.40. The zero-order valence-corrected chi connectivity index (χ0v) is 14.2. The van der Waals surface area contributed by atoms with Crippen molar-refractivity contribution >= 4 is 5.97 Å². The molecule has 3 rings (SSSR count). The molecule has 0 aromatic heterocycles. The number of fused-ring (bicyclic) bond motifs is 1. The van der Waals surface area contributed by atoms with Crippen LogP contribution in [-0.4, -0.2) is 48.4 Å². The van der Waals surface area contributed by atoms with Crippen molar-refractivity contribution in [3.05, 3.63) is 35.9 Å². The van der Waals surface area contributed by atoms with E-state index in [1.807, 2.05) is 44.2 Å². The number of esters is 1. The van der Waals surface area contributed by atoms with Crippen LogP contribution >= 0.6 is 0 Å². The predicted octanol–water partition coefficient (Wildman–Crippen LogP) is 1.65. The van der Waals surface area contributed by atoms with E-state index in [2.05, 4.69) is 0 Å². The number of ether oxygens (including phenoxy) is 4. The minimum atomic E-state index is -1.11. The summed E-state index contributed by atoms with van der Waals surface area (Å²) in [5, 5.41) is 10.6. The van der Waals surface area contributed by atoms with Crippen LogP contribution in [0.2, 0.25) is 0 Å². The van der Waals surface area contributed by atoms with Gasteiger partial charge in [0.05, 0.1) is 25.4 Å². The zero-order valence-electron chi connectivity index (χ0n) is 14.2. The smallest absolute Gasteiger partial charge is 0.337 e. The van der Waals surface area contributed by atoms with Gasteiger partial charge < -0.3 is 24.1 Å². The van der Waals surface area contributed by atoms with E-state index in [-0.39, 0.29) is 5.92 Å². The van der Waals surface area contributed by atoms with Crippen LogP contribution in [0.15, 0.2) is 30.3 Å². The van der Waals surface area contributed by atoms with Gasteiger partial charge in [0.25, 0.3) is 0 Å². The standard InChI is InChI=1S/C18H24O6/c1-18(2)9-12-14(22-10-11-7-5-4-6-8-11)13(19)15(16(20)21-3)23-17(12)24-18/h4-8,12-15,17,19H,9-10H2,1-3H3/t12-,13?,14-,15?,17-/m1/s1. The Morgan fingerprint density at radius 1 is 1.33 bits per heavy atom. The largest absolute Gasteiger partial charge is 0.467 e. The Hall–Kier alpha value is -1.47. The van der Waals surface area contributed by atoms with Gasteiger partial charge >= 0.3 is 5.97 Å². The van der Waals surface area contributed by atoms with Gasteiger partial charge in [-0.3, -0.25) is 0 Å². The molecule has 1 N–H and O–H groups in total. The summed E-state index contributed by atoms with van der Waals surface area (Å²) in [6.07, 6.45) is -2.67. The fraction of sp³-hybridized carbons (Fsp3) is 0.611. The van der Waals surface area contributed by atoms with Crippen LogP contribution in [0.4, 0.5) is 0 Å². The normalized spacial score (nSPS) is 34.6. The molecule has 24 heavy (non-hydrogen) atoms. The molecule has 2 aliphatic heterocycles. The molecule has 0 aliphatic carbocycles.